The fourth-order valence-corrected chi connectivity index (χ4v) is 2.95. The molecule has 3 rings (SSSR count). The van der Waals surface area contributed by atoms with Crippen molar-refractivity contribution in [3.8, 4) is 0 Å². The van der Waals surface area contributed by atoms with E-state index in [9.17, 15) is 4.79 Å². The molecule has 0 saturated heterocycles. The number of carbonyl (C=O) groups excluding carboxylic acids is 1. The van der Waals surface area contributed by atoms with E-state index in [1.807, 2.05) is 4.57 Å². The number of fused-ring (bicyclic) bond motifs is 1. The second-order valence-electron chi connectivity index (χ2n) is 4.53. The van der Waals surface area contributed by atoms with Gasteiger partial charge in [-0.3, -0.25) is 4.79 Å². The summed E-state index contributed by atoms with van der Waals surface area (Å²) < 4.78 is 1.92. The Labute approximate surface area is 114 Å². The van der Waals surface area contributed by atoms with Crippen LogP contribution in [0.4, 0.5) is 0 Å². The number of nitrogens with zero attached hydrogens (tertiary/aromatic N) is 3. The lowest BCUT2D eigenvalue weighted by Gasteiger charge is -2.15. The summed E-state index contributed by atoms with van der Waals surface area (Å²) in [5, 5.41) is 0.528. The highest BCUT2D eigenvalue weighted by molar-refractivity contribution is 6.67. The molecule has 0 bridgehead atoms. The molecule has 1 aliphatic rings. The zero-order chi connectivity index (χ0) is 12.7. The summed E-state index contributed by atoms with van der Waals surface area (Å²) in [5.41, 5.74) is 1.18. The summed E-state index contributed by atoms with van der Waals surface area (Å²) in [5.74, 6) is 0. The van der Waals surface area contributed by atoms with E-state index in [-0.39, 0.29) is 11.3 Å². The first-order valence-electron chi connectivity index (χ1n) is 5.90. The smallest absolute Gasteiger partial charge is 0.268 e. The topological polar surface area (TPSA) is 47.8 Å². The SMILES string of the molecule is O=C(Cl)c1cc2cnc(Cl)nc2n1C1CCCC1. The molecule has 0 radical (unpaired) electrons. The number of carbonyl (C=O) groups is 1. The van der Waals surface area contributed by atoms with Crippen LogP contribution in [-0.4, -0.2) is 19.8 Å². The third kappa shape index (κ3) is 1.89. The molecule has 0 N–H and O–H groups in total. The molecular formula is C12H11Cl2N3O. The summed E-state index contributed by atoms with van der Waals surface area (Å²) >= 11 is 11.5. The van der Waals surface area contributed by atoms with Gasteiger partial charge in [-0.05, 0) is 42.1 Å². The first kappa shape index (κ1) is 11.9. The van der Waals surface area contributed by atoms with E-state index in [1.165, 1.54) is 12.8 Å². The lowest BCUT2D eigenvalue weighted by atomic mass is 10.2. The van der Waals surface area contributed by atoms with E-state index >= 15 is 0 Å². The van der Waals surface area contributed by atoms with Crippen LogP contribution in [0.2, 0.25) is 5.28 Å². The highest BCUT2D eigenvalue weighted by atomic mass is 35.5. The molecule has 1 aliphatic carbocycles. The molecule has 0 atom stereocenters. The Balaban J connectivity index is 2.26. The Morgan fingerprint density at radius 1 is 1.39 bits per heavy atom. The van der Waals surface area contributed by atoms with Gasteiger partial charge in [-0.25, -0.2) is 4.98 Å². The molecule has 1 fully saturated rings. The van der Waals surface area contributed by atoms with Crippen molar-refractivity contribution in [2.24, 2.45) is 0 Å². The van der Waals surface area contributed by atoms with Crippen molar-refractivity contribution in [3.05, 3.63) is 23.2 Å². The summed E-state index contributed by atoms with van der Waals surface area (Å²) in [7, 11) is 0. The van der Waals surface area contributed by atoms with E-state index in [1.54, 1.807) is 12.3 Å². The molecule has 0 aromatic carbocycles. The van der Waals surface area contributed by atoms with Gasteiger partial charge in [0, 0.05) is 17.6 Å². The van der Waals surface area contributed by atoms with E-state index in [0.717, 1.165) is 18.2 Å². The van der Waals surface area contributed by atoms with Crippen molar-refractivity contribution in [2.75, 3.05) is 0 Å². The van der Waals surface area contributed by atoms with Gasteiger partial charge < -0.3 is 4.57 Å². The van der Waals surface area contributed by atoms with Gasteiger partial charge in [0.2, 0.25) is 5.28 Å². The first-order valence-corrected chi connectivity index (χ1v) is 6.65. The molecule has 1 saturated carbocycles. The van der Waals surface area contributed by atoms with E-state index in [4.69, 9.17) is 23.2 Å². The molecule has 2 aromatic rings. The van der Waals surface area contributed by atoms with Gasteiger partial charge in [0.25, 0.3) is 5.24 Å². The number of aromatic nitrogens is 3. The average Bonchev–Trinajstić information content (AvgIpc) is 2.93. The molecule has 2 heterocycles. The average molecular weight is 284 g/mol. The number of hydrogen-bond donors (Lipinski definition) is 0. The predicted octanol–water partition coefficient (Wildman–Crippen LogP) is 3.58. The maximum atomic E-state index is 11.5. The highest BCUT2D eigenvalue weighted by Gasteiger charge is 2.24. The molecule has 6 heteroatoms. The molecule has 94 valence electrons. The van der Waals surface area contributed by atoms with Gasteiger partial charge in [0.15, 0.2) is 0 Å². The highest BCUT2D eigenvalue weighted by Crippen LogP contribution is 2.34. The van der Waals surface area contributed by atoms with E-state index in [0.29, 0.717) is 11.3 Å². The lowest BCUT2D eigenvalue weighted by Crippen LogP contribution is -2.11. The van der Waals surface area contributed by atoms with Crippen LogP contribution in [0.15, 0.2) is 12.3 Å². The zero-order valence-corrected chi connectivity index (χ0v) is 11.1. The number of hydrogen-bond acceptors (Lipinski definition) is 3. The Bertz CT molecular complexity index is 617. The number of halogens is 2. The maximum absolute atomic E-state index is 11.5. The van der Waals surface area contributed by atoms with E-state index < -0.39 is 5.24 Å². The Morgan fingerprint density at radius 2 is 2.11 bits per heavy atom. The van der Waals surface area contributed by atoms with Crippen LogP contribution in [0.25, 0.3) is 11.0 Å². The van der Waals surface area contributed by atoms with Gasteiger partial charge in [-0.15, -0.1) is 0 Å². The molecule has 0 spiro atoms. The minimum atomic E-state index is -0.462. The summed E-state index contributed by atoms with van der Waals surface area (Å²) in [4.78, 5) is 19.7. The number of rotatable bonds is 2. The van der Waals surface area contributed by atoms with Crippen molar-refractivity contribution in [1.29, 1.82) is 0 Å². The Hall–Kier alpha value is -1.13. The molecule has 0 unspecified atom stereocenters. The quantitative estimate of drug-likeness (QED) is 0.625. The standard InChI is InChI=1S/C12H11Cl2N3O/c13-10(18)9-5-7-6-15-12(14)16-11(7)17(9)8-3-1-2-4-8/h5-6,8H,1-4H2. The third-order valence-electron chi connectivity index (χ3n) is 3.44. The summed E-state index contributed by atoms with van der Waals surface area (Å²) in [6.45, 7) is 0. The maximum Gasteiger partial charge on any atom is 0.268 e. The van der Waals surface area contributed by atoms with E-state index in [2.05, 4.69) is 9.97 Å². The van der Waals surface area contributed by atoms with Crippen molar-refractivity contribution >= 4 is 39.5 Å². The second kappa shape index (κ2) is 4.52. The van der Waals surface area contributed by atoms with Gasteiger partial charge in [-0.2, -0.15) is 4.98 Å². The van der Waals surface area contributed by atoms with Crippen molar-refractivity contribution in [1.82, 2.24) is 14.5 Å². The first-order chi connectivity index (χ1) is 8.66. The predicted molar refractivity (Wildman–Crippen MR) is 70.2 cm³/mol. The molecular weight excluding hydrogens is 273 g/mol. The lowest BCUT2D eigenvalue weighted by molar-refractivity contribution is 0.107. The fraction of sp³-hybridized carbons (Fsp3) is 0.417. The molecule has 18 heavy (non-hydrogen) atoms. The van der Waals surface area contributed by atoms with Crippen LogP contribution in [-0.2, 0) is 0 Å². The molecule has 4 nitrogen and oxygen atoms in total. The summed E-state index contributed by atoms with van der Waals surface area (Å²) in [6, 6.07) is 2.02. The Morgan fingerprint density at radius 3 is 2.78 bits per heavy atom. The van der Waals surface area contributed by atoms with Crippen LogP contribution in [0, 0.1) is 0 Å². The Kier molecular flexibility index (Phi) is 2.99. The van der Waals surface area contributed by atoms with Crippen LogP contribution < -0.4 is 0 Å². The van der Waals surface area contributed by atoms with Gasteiger partial charge >= 0.3 is 0 Å². The summed E-state index contributed by atoms with van der Waals surface area (Å²) in [6.07, 6.45) is 6.04. The molecule has 2 aromatic heterocycles. The zero-order valence-electron chi connectivity index (χ0n) is 9.57. The third-order valence-corrected chi connectivity index (χ3v) is 3.81. The van der Waals surface area contributed by atoms with Crippen molar-refractivity contribution < 1.29 is 4.79 Å². The van der Waals surface area contributed by atoms with Gasteiger partial charge in [0.1, 0.15) is 11.3 Å². The normalized spacial score (nSPS) is 16.6. The van der Waals surface area contributed by atoms with Crippen LogP contribution in [0.3, 0.4) is 0 Å². The monoisotopic (exact) mass is 283 g/mol. The van der Waals surface area contributed by atoms with Crippen molar-refractivity contribution in [2.45, 2.75) is 31.7 Å². The minimum Gasteiger partial charge on any atom is -0.319 e. The van der Waals surface area contributed by atoms with Crippen LogP contribution in [0.5, 0.6) is 0 Å². The second-order valence-corrected chi connectivity index (χ2v) is 5.21. The largest absolute Gasteiger partial charge is 0.319 e. The molecule has 0 aliphatic heterocycles. The fourth-order valence-electron chi connectivity index (χ4n) is 2.67. The van der Waals surface area contributed by atoms with Gasteiger partial charge in [0.05, 0.1) is 0 Å². The van der Waals surface area contributed by atoms with Crippen LogP contribution in [0.1, 0.15) is 42.2 Å². The molecule has 0 amide bonds. The minimum absolute atomic E-state index is 0.188. The van der Waals surface area contributed by atoms with Gasteiger partial charge in [-0.1, -0.05) is 12.8 Å². The van der Waals surface area contributed by atoms with Crippen molar-refractivity contribution in [3.63, 3.8) is 0 Å². The van der Waals surface area contributed by atoms with Crippen LogP contribution >= 0.6 is 23.2 Å².